The maximum atomic E-state index is 11.9. The van der Waals surface area contributed by atoms with Crippen LogP contribution in [0, 0.1) is 28.6 Å². The van der Waals surface area contributed by atoms with E-state index in [1.807, 2.05) is 6.08 Å². The van der Waals surface area contributed by atoms with Crippen LogP contribution < -0.4 is 0 Å². The Balaban J connectivity index is 1.50. The van der Waals surface area contributed by atoms with Gasteiger partial charge in [0.25, 0.3) is 0 Å². The molecule has 1 heterocycles. The molecular weight excluding hydrogens is 312 g/mol. The Kier molecular flexibility index (Phi) is 3.08. The van der Waals surface area contributed by atoms with Crippen molar-refractivity contribution in [2.24, 2.45) is 28.6 Å². The topological polar surface area (TPSA) is 43.4 Å². The van der Waals surface area contributed by atoms with Crippen LogP contribution in [-0.2, 0) is 14.3 Å². The van der Waals surface area contributed by atoms with Gasteiger partial charge >= 0.3 is 5.97 Å². The highest BCUT2D eigenvalue weighted by atomic mass is 16.6. The van der Waals surface area contributed by atoms with Gasteiger partial charge in [-0.05, 0) is 74.9 Å². The molecule has 0 N–H and O–H groups in total. The summed E-state index contributed by atoms with van der Waals surface area (Å²) in [7, 11) is 0. The largest absolute Gasteiger partial charge is 0.458 e. The predicted octanol–water partition coefficient (Wildman–Crippen LogP) is 4.37. The van der Waals surface area contributed by atoms with Crippen LogP contribution in [0.25, 0.3) is 0 Å². The van der Waals surface area contributed by atoms with Crippen molar-refractivity contribution in [3.8, 4) is 0 Å². The lowest BCUT2D eigenvalue weighted by Crippen LogP contribution is -2.54. The third-order valence-electron chi connectivity index (χ3n) is 8.89. The van der Waals surface area contributed by atoms with Crippen molar-refractivity contribution >= 4 is 11.8 Å². The van der Waals surface area contributed by atoms with E-state index in [9.17, 15) is 9.59 Å². The van der Waals surface area contributed by atoms with E-state index in [1.54, 1.807) is 6.08 Å². The SMILES string of the molecule is C[C@]12C=CC(=O)C=C1CC[C@@H]1[C@@H]2CC[C@@]2(C)[C@H]1CC[C@@]21CCC(=O)O1. The van der Waals surface area contributed by atoms with E-state index in [1.165, 1.54) is 24.8 Å². The lowest BCUT2D eigenvalue weighted by Gasteiger charge is -2.58. The summed E-state index contributed by atoms with van der Waals surface area (Å²) in [5.41, 5.74) is 1.37. The first-order valence-corrected chi connectivity index (χ1v) is 10.0. The fourth-order valence-electron chi connectivity index (χ4n) is 7.49. The van der Waals surface area contributed by atoms with Gasteiger partial charge in [0.15, 0.2) is 5.78 Å². The molecule has 3 saturated carbocycles. The number of carbonyl (C=O) groups excluding carboxylic acids is 2. The van der Waals surface area contributed by atoms with E-state index >= 15 is 0 Å². The summed E-state index contributed by atoms with van der Waals surface area (Å²) < 4.78 is 6.00. The molecule has 3 nitrogen and oxygen atoms in total. The third-order valence-corrected chi connectivity index (χ3v) is 8.89. The van der Waals surface area contributed by atoms with Crippen LogP contribution in [0.5, 0.6) is 0 Å². The van der Waals surface area contributed by atoms with Gasteiger partial charge in [-0.1, -0.05) is 25.5 Å². The molecule has 4 aliphatic carbocycles. The molecule has 0 radical (unpaired) electrons. The summed E-state index contributed by atoms with van der Waals surface area (Å²) in [6.07, 6.45) is 14.2. The average Bonchev–Trinajstić information content (AvgIpc) is 3.10. The molecule has 0 aromatic carbocycles. The quantitative estimate of drug-likeness (QED) is 0.615. The Morgan fingerprint density at radius 2 is 1.80 bits per heavy atom. The van der Waals surface area contributed by atoms with Gasteiger partial charge in [0.2, 0.25) is 0 Å². The smallest absolute Gasteiger partial charge is 0.306 e. The van der Waals surface area contributed by atoms with E-state index in [0.717, 1.165) is 25.7 Å². The minimum absolute atomic E-state index is 0.0125. The zero-order valence-corrected chi connectivity index (χ0v) is 15.3. The zero-order chi connectivity index (χ0) is 17.4. The van der Waals surface area contributed by atoms with Gasteiger partial charge in [-0.15, -0.1) is 0 Å². The molecule has 3 heteroatoms. The number of allylic oxidation sites excluding steroid dienone is 4. The molecule has 5 rings (SSSR count). The third kappa shape index (κ3) is 1.88. The van der Waals surface area contributed by atoms with Crippen LogP contribution in [0.3, 0.4) is 0 Å². The minimum Gasteiger partial charge on any atom is -0.458 e. The zero-order valence-electron chi connectivity index (χ0n) is 15.3. The van der Waals surface area contributed by atoms with E-state index in [0.29, 0.717) is 24.2 Å². The molecule has 0 aromatic heterocycles. The molecule has 4 fully saturated rings. The van der Waals surface area contributed by atoms with Gasteiger partial charge in [0, 0.05) is 17.3 Å². The van der Waals surface area contributed by atoms with E-state index in [4.69, 9.17) is 4.74 Å². The molecule has 134 valence electrons. The Morgan fingerprint density at radius 1 is 1.00 bits per heavy atom. The monoisotopic (exact) mass is 340 g/mol. The van der Waals surface area contributed by atoms with Crippen molar-refractivity contribution in [1.29, 1.82) is 0 Å². The number of hydrogen-bond donors (Lipinski definition) is 0. The number of ether oxygens (including phenoxy) is 1. The molecule has 5 aliphatic rings. The standard InChI is InChI=1S/C22H28O3/c1-20-9-5-15(23)13-14(20)3-4-16-17(20)6-10-21(2)18(16)7-11-22(21)12-8-19(24)25-22/h5,9,13,16-18H,3-4,6-8,10-12H2,1-2H3/t16-,17+,18+,20+,21+,22-/m1/s1. The van der Waals surface area contributed by atoms with Crippen LogP contribution in [0.4, 0.5) is 0 Å². The van der Waals surface area contributed by atoms with Crippen molar-refractivity contribution in [2.75, 3.05) is 0 Å². The van der Waals surface area contributed by atoms with Gasteiger partial charge in [0.1, 0.15) is 5.60 Å². The summed E-state index contributed by atoms with van der Waals surface area (Å²) in [5, 5.41) is 0. The van der Waals surface area contributed by atoms with Gasteiger partial charge in [0.05, 0.1) is 0 Å². The Bertz CT molecular complexity index is 719. The molecule has 1 spiro atoms. The van der Waals surface area contributed by atoms with Crippen LogP contribution in [-0.4, -0.2) is 17.4 Å². The Morgan fingerprint density at radius 3 is 2.56 bits per heavy atom. The van der Waals surface area contributed by atoms with Crippen molar-refractivity contribution in [1.82, 2.24) is 0 Å². The van der Waals surface area contributed by atoms with E-state index in [-0.39, 0.29) is 28.2 Å². The summed E-state index contributed by atoms with van der Waals surface area (Å²) in [6.45, 7) is 4.76. The summed E-state index contributed by atoms with van der Waals surface area (Å²) in [5.74, 6) is 2.14. The Labute approximate surface area is 149 Å². The van der Waals surface area contributed by atoms with Crippen molar-refractivity contribution in [3.05, 3.63) is 23.8 Å². The fraction of sp³-hybridized carbons (Fsp3) is 0.727. The van der Waals surface area contributed by atoms with Crippen LogP contribution >= 0.6 is 0 Å². The highest BCUT2D eigenvalue weighted by Gasteiger charge is 2.66. The molecule has 1 saturated heterocycles. The summed E-state index contributed by atoms with van der Waals surface area (Å²) in [6, 6.07) is 0. The van der Waals surface area contributed by atoms with Crippen LogP contribution in [0.2, 0.25) is 0 Å². The number of fused-ring (bicyclic) bond motifs is 6. The first kappa shape index (κ1) is 15.8. The first-order chi connectivity index (χ1) is 11.9. The van der Waals surface area contributed by atoms with Gasteiger partial charge in [-0.3, -0.25) is 9.59 Å². The van der Waals surface area contributed by atoms with Gasteiger partial charge in [-0.25, -0.2) is 0 Å². The van der Waals surface area contributed by atoms with E-state index in [2.05, 4.69) is 19.9 Å². The molecule has 0 bridgehead atoms. The molecule has 0 amide bonds. The average molecular weight is 340 g/mol. The molecule has 0 unspecified atom stereocenters. The highest BCUT2D eigenvalue weighted by molar-refractivity contribution is 6.01. The van der Waals surface area contributed by atoms with Crippen molar-refractivity contribution in [3.63, 3.8) is 0 Å². The second-order valence-corrected chi connectivity index (χ2v) is 9.57. The number of rotatable bonds is 0. The number of carbonyl (C=O) groups is 2. The number of ketones is 1. The predicted molar refractivity (Wildman–Crippen MR) is 94.7 cm³/mol. The van der Waals surface area contributed by atoms with E-state index < -0.39 is 0 Å². The number of esters is 1. The van der Waals surface area contributed by atoms with Crippen molar-refractivity contribution in [2.45, 2.75) is 70.8 Å². The normalized spacial score (nSPS) is 51.0. The molecule has 1 aliphatic heterocycles. The Hall–Kier alpha value is -1.38. The molecule has 25 heavy (non-hydrogen) atoms. The molecule has 6 atom stereocenters. The summed E-state index contributed by atoms with van der Waals surface area (Å²) in [4.78, 5) is 23.7. The highest BCUT2D eigenvalue weighted by Crippen LogP contribution is 2.69. The van der Waals surface area contributed by atoms with Gasteiger partial charge in [-0.2, -0.15) is 0 Å². The fourth-order valence-corrected chi connectivity index (χ4v) is 7.49. The second-order valence-electron chi connectivity index (χ2n) is 9.57. The molecular formula is C22H28O3. The molecule has 0 aromatic rings. The first-order valence-electron chi connectivity index (χ1n) is 10.0. The minimum atomic E-state index is -0.185. The van der Waals surface area contributed by atoms with Gasteiger partial charge < -0.3 is 4.74 Å². The maximum absolute atomic E-state index is 11.9. The van der Waals surface area contributed by atoms with Crippen molar-refractivity contribution < 1.29 is 14.3 Å². The lowest BCUT2D eigenvalue weighted by molar-refractivity contribution is -0.167. The second kappa shape index (κ2) is 4.86. The lowest BCUT2D eigenvalue weighted by atomic mass is 9.47. The summed E-state index contributed by atoms with van der Waals surface area (Å²) >= 11 is 0. The van der Waals surface area contributed by atoms with Crippen LogP contribution in [0.15, 0.2) is 23.8 Å². The van der Waals surface area contributed by atoms with Crippen LogP contribution in [0.1, 0.15) is 65.2 Å². The number of hydrogen-bond acceptors (Lipinski definition) is 3. The maximum Gasteiger partial charge on any atom is 0.306 e.